The average Bonchev–Trinajstić information content (AvgIpc) is 3.35. The molecule has 0 bridgehead atoms. The number of nitrogens with one attached hydrogen (secondary N) is 2. The second-order valence-electron chi connectivity index (χ2n) is 8.46. The lowest BCUT2D eigenvalue weighted by Crippen LogP contribution is -2.37. The van der Waals surface area contributed by atoms with E-state index >= 15 is 0 Å². The number of amides is 1. The SMILES string of the molecule is O=C1Nc2ccccc2C(c2ccccc2)=NC1Nc1nnc(-c2cc(F)cnc2N2CCOCC2)o1. The molecule has 1 fully saturated rings. The molecule has 0 saturated carbocycles. The van der Waals surface area contributed by atoms with Gasteiger partial charge in [-0.05, 0) is 12.1 Å². The van der Waals surface area contributed by atoms with Gasteiger partial charge in [0.15, 0.2) is 0 Å². The van der Waals surface area contributed by atoms with Crippen LogP contribution in [-0.4, -0.2) is 59.3 Å². The predicted octanol–water partition coefficient (Wildman–Crippen LogP) is 3.34. The molecule has 2 aliphatic rings. The molecule has 186 valence electrons. The maximum atomic E-state index is 14.1. The zero-order valence-electron chi connectivity index (χ0n) is 19.6. The summed E-state index contributed by atoms with van der Waals surface area (Å²) in [6, 6.07) is 18.3. The summed E-state index contributed by atoms with van der Waals surface area (Å²) >= 11 is 0. The fourth-order valence-corrected chi connectivity index (χ4v) is 4.30. The van der Waals surface area contributed by atoms with Gasteiger partial charge < -0.3 is 24.7 Å². The van der Waals surface area contributed by atoms with E-state index in [-0.39, 0.29) is 17.8 Å². The highest BCUT2D eigenvalue weighted by atomic mass is 19.1. The minimum atomic E-state index is -1.06. The number of hydrogen-bond acceptors (Lipinski definition) is 9. The van der Waals surface area contributed by atoms with Crippen LogP contribution in [0.15, 0.2) is 76.3 Å². The fraction of sp³-hybridized carbons (Fsp3) is 0.192. The minimum absolute atomic E-state index is 0.0329. The Hall–Kier alpha value is -4.64. The summed E-state index contributed by atoms with van der Waals surface area (Å²) in [6.45, 7) is 2.28. The molecule has 2 N–H and O–H groups in total. The largest absolute Gasteiger partial charge is 0.403 e. The van der Waals surface area contributed by atoms with Crippen molar-refractivity contribution in [1.82, 2.24) is 15.2 Å². The van der Waals surface area contributed by atoms with Gasteiger partial charge >= 0.3 is 6.01 Å². The number of fused-ring (bicyclic) bond motifs is 1. The first-order chi connectivity index (χ1) is 18.2. The first-order valence-electron chi connectivity index (χ1n) is 11.8. The Kier molecular flexibility index (Phi) is 6.03. The van der Waals surface area contributed by atoms with Crippen LogP contribution in [0.1, 0.15) is 11.1 Å². The van der Waals surface area contributed by atoms with E-state index < -0.39 is 12.0 Å². The Labute approximate surface area is 211 Å². The number of benzene rings is 2. The van der Waals surface area contributed by atoms with Crippen molar-refractivity contribution in [2.75, 3.05) is 41.8 Å². The quantitative estimate of drug-likeness (QED) is 0.429. The van der Waals surface area contributed by atoms with Crippen LogP contribution >= 0.6 is 0 Å². The Bertz CT molecular complexity index is 1470. The predicted molar refractivity (Wildman–Crippen MR) is 135 cm³/mol. The van der Waals surface area contributed by atoms with Crippen molar-refractivity contribution in [2.45, 2.75) is 6.17 Å². The first-order valence-corrected chi connectivity index (χ1v) is 11.8. The van der Waals surface area contributed by atoms with Gasteiger partial charge in [-0.3, -0.25) is 4.79 Å². The summed E-state index contributed by atoms with van der Waals surface area (Å²) in [6.07, 6.45) is 0.0947. The van der Waals surface area contributed by atoms with Gasteiger partial charge in [0.05, 0.1) is 36.4 Å². The van der Waals surface area contributed by atoms with Gasteiger partial charge in [0.1, 0.15) is 11.6 Å². The van der Waals surface area contributed by atoms with E-state index in [9.17, 15) is 9.18 Å². The smallest absolute Gasteiger partial charge is 0.317 e. The summed E-state index contributed by atoms with van der Waals surface area (Å²) in [5.41, 5.74) is 3.28. The molecule has 6 rings (SSSR count). The lowest BCUT2D eigenvalue weighted by molar-refractivity contribution is -0.116. The highest BCUT2D eigenvalue weighted by Crippen LogP contribution is 2.31. The number of pyridine rings is 1. The number of nitrogens with zero attached hydrogens (tertiary/aromatic N) is 5. The van der Waals surface area contributed by atoms with Gasteiger partial charge in [0.25, 0.3) is 11.8 Å². The van der Waals surface area contributed by atoms with Crippen molar-refractivity contribution >= 4 is 29.1 Å². The number of aliphatic imine (C=N–C) groups is 1. The Morgan fingerprint density at radius 2 is 1.78 bits per heavy atom. The molecule has 0 spiro atoms. The van der Waals surface area contributed by atoms with Gasteiger partial charge in [0.2, 0.25) is 6.17 Å². The van der Waals surface area contributed by atoms with Gasteiger partial charge in [-0.1, -0.05) is 53.6 Å². The lowest BCUT2D eigenvalue weighted by atomic mass is 10.0. The molecule has 2 aromatic carbocycles. The van der Waals surface area contributed by atoms with Crippen LogP contribution in [0.3, 0.4) is 0 Å². The topological polar surface area (TPSA) is 118 Å². The van der Waals surface area contributed by atoms with Crippen LogP contribution < -0.4 is 15.5 Å². The van der Waals surface area contributed by atoms with Crippen LogP contribution in [0.2, 0.25) is 0 Å². The van der Waals surface area contributed by atoms with Crippen molar-refractivity contribution in [3.05, 3.63) is 83.8 Å². The number of benzodiazepines with no additional fused rings is 1. The number of aromatic nitrogens is 3. The highest BCUT2D eigenvalue weighted by molar-refractivity contribution is 6.19. The average molecular weight is 500 g/mol. The normalized spacial score (nSPS) is 17.4. The summed E-state index contributed by atoms with van der Waals surface area (Å²) < 4.78 is 25.4. The van der Waals surface area contributed by atoms with Gasteiger partial charge in [0, 0.05) is 24.2 Å². The monoisotopic (exact) mass is 499 g/mol. The molecule has 2 aliphatic heterocycles. The molecule has 4 heterocycles. The van der Waals surface area contributed by atoms with Crippen molar-refractivity contribution < 1.29 is 18.3 Å². The molecule has 37 heavy (non-hydrogen) atoms. The Morgan fingerprint density at radius 1 is 1.00 bits per heavy atom. The first kappa shape index (κ1) is 22.8. The maximum absolute atomic E-state index is 14.1. The third kappa shape index (κ3) is 4.64. The standard InChI is InChI=1S/C26H22FN7O3/c27-17-14-19(23(28-15-17)34-10-12-36-13-11-34)25-32-33-26(37-25)31-22-24(35)29-20-9-5-4-8-18(20)21(30-22)16-6-2-1-3-7-16/h1-9,14-15,22H,10-13H2,(H,29,35)(H,31,33). The number of carbonyl (C=O) groups excluding carboxylic acids is 1. The van der Waals surface area contributed by atoms with E-state index in [1.807, 2.05) is 59.5 Å². The zero-order valence-corrected chi connectivity index (χ0v) is 19.6. The molecule has 11 heteroatoms. The minimum Gasteiger partial charge on any atom is -0.403 e. The summed E-state index contributed by atoms with van der Waals surface area (Å²) in [7, 11) is 0. The summed E-state index contributed by atoms with van der Waals surface area (Å²) in [5.74, 6) is -0.329. The number of para-hydroxylation sites is 1. The van der Waals surface area contributed by atoms with Gasteiger partial charge in [-0.15, -0.1) is 5.10 Å². The van der Waals surface area contributed by atoms with Crippen LogP contribution in [0.25, 0.3) is 11.5 Å². The van der Waals surface area contributed by atoms with Crippen LogP contribution in [0, 0.1) is 5.82 Å². The summed E-state index contributed by atoms with van der Waals surface area (Å²) in [4.78, 5) is 24.0. The van der Waals surface area contributed by atoms with Crippen LogP contribution in [-0.2, 0) is 9.53 Å². The molecule has 0 radical (unpaired) electrons. The number of rotatable bonds is 5. The van der Waals surface area contributed by atoms with E-state index in [1.165, 1.54) is 6.07 Å². The Balaban J connectivity index is 1.33. The number of anilines is 3. The number of ether oxygens (including phenoxy) is 1. The third-order valence-corrected chi connectivity index (χ3v) is 6.05. The summed E-state index contributed by atoms with van der Waals surface area (Å²) in [5, 5.41) is 14.0. The maximum Gasteiger partial charge on any atom is 0.317 e. The Morgan fingerprint density at radius 3 is 2.62 bits per heavy atom. The highest BCUT2D eigenvalue weighted by Gasteiger charge is 2.28. The van der Waals surface area contributed by atoms with Crippen molar-refractivity contribution in [3.8, 4) is 11.5 Å². The van der Waals surface area contributed by atoms with Gasteiger partial charge in [-0.25, -0.2) is 14.4 Å². The molecule has 1 unspecified atom stereocenters. The molecule has 1 saturated heterocycles. The van der Waals surface area contributed by atoms with E-state index in [1.54, 1.807) is 0 Å². The van der Waals surface area contributed by atoms with Crippen molar-refractivity contribution in [3.63, 3.8) is 0 Å². The lowest BCUT2D eigenvalue weighted by Gasteiger charge is -2.28. The fourth-order valence-electron chi connectivity index (χ4n) is 4.30. The molecule has 1 atom stereocenters. The zero-order chi connectivity index (χ0) is 25.2. The van der Waals surface area contributed by atoms with Crippen molar-refractivity contribution in [2.24, 2.45) is 4.99 Å². The molecule has 2 aromatic heterocycles. The molecule has 1 amide bonds. The van der Waals surface area contributed by atoms with E-state index in [0.29, 0.717) is 49.1 Å². The second kappa shape index (κ2) is 9.78. The third-order valence-electron chi connectivity index (χ3n) is 6.05. The number of halogens is 1. The molecular weight excluding hydrogens is 477 g/mol. The van der Waals surface area contributed by atoms with Gasteiger partial charge in [-0.2, -0.15) is 0 Å². The number of morpholine rings is 1. The van der Waals surface area contributed by atoms with Crippen LogP contribution in [0.4, 0.5) is 21.9 Å². The van der Waals surface area contributed by atoms with E-state index in [2.05, 4.69) is 25.8 Å². The number of carbonyl (C=O) groups is 1. The molecule has 0 aliphatic carbocycles. The molecule has 4 aromatic rings. The van der Waals surface area contributed by atoms with E-state index in [0.717, 1.165) is 17.3 Å². The van der Waals surface area contributed by atoms with E-state index in [4.69, 9.17) is 14.1 Å². The van der Waals surface area contributed by atoms with Crippen LogP contribution in [0.5, 0.6) is 0 Å². The number of hydrogen-bond donors (Lipinski definition) is 2. The second-order valence-corrected chi connectivity index (χ2v) is 8.46. The molecular formula is C26H22FN7O3. The molecule has 10 nitrogen and oxygen atoms in total. The van der Waals surface area contributed by atoms with Crippen molar-refractivity contribution in [1.29, 1.82) is 0 Å².